The average Bonchev–Trinajstić information content (AvgIpc) is 2.76. The molecule has 0 aliphatic heterocycles. The van der Waals surface area contributed by atoms with E-state index in [9.17, 15) is 4.79 Å². The van der Waals surface area contributed by atoms with Crippen LogP contribution in [0.1, 0.15) is 11.6 Å². The SMILES string of the molecule is O=C(Cc1ncn[nH]1)Cc1ncn[nH]1. The average molecular weight is 192 g/mol. The Morgan fingerprint density at radius 1 is 1.07 bits per heavy atom. The second-order valence-electron chi connectivity index (χ2n) is 2.76. The molecule has 2 aromatic rings. The summed E-state index contributed by atoms with van der Waals surface area (Å²) in [6.07, 6.45) is 3.22. The summed E-state index contributed by atoms with van der Waals surface area (Å²) < 4.78 is 0. The highest BCUT2D eigenvalue weighted by Crippen LogP contribution is 1.95. The number of Topliss-reactive ketones (excluding diaryl/α,β-unsaturated/α-hetero) is 1. The minimum atomic E-state index is 0.0125. The number of rotatable bonds is 4. The third kappa shape index (κ3) is 2.00. The molecule has 14 heavy (non-hydrogen) atoms. The van der Waals surface area contributed by atoms with Crippen LogP contribution < -0.4 is 0 Å². The molecule has 7 heteroatoms. The first-order valence-corrected chi connectivity index (χ1v) is 4.05. The first-order chi connectivity index (χ1) is 6.84. The highest BCUT2D eigenvalue weighted by molar-refractivity contribution is 5.81. The molecule has 0 bridgehead atoms. The number of H-pyrrole nitrogens is 2. The summed E-state index contributed by atoms with van der Waals surface area (Å²) in [6.45, 7) is 0. The van der Waals surface area contributed by atoms with Crippen LogP contribution in [0, 0.1) is 0 Å². The van der Waals surface area contributed by atoms with Crippen molar-refractivity contribution >= 4 is 5.78 Å². The summed E-state index contributed by atoms with van der Waals surface area (Å²) >= 11 is 0. The minimum absolute atomic E-state index is 0.0125. The molecule has 0 spiro atoms. The number of carbonyl (C=O) groups is 1. The molecule has 0 radical (unpaired) electrons. The molecular formula is C7H8N6O. The van der Waals surface area contributed by atoms with Crippen molar-refractivity contribution in [3.05, 3.63) is 24.3 Å². The second-order valence-corrected chi connectivity index (χ2v) is 2.76. The fourth-order valence-corrected chi connectivity index (χ4v) is 1.07. The van der Waals surface area contributed by atoms with E-state index in [0.717, 1.165) is 0 Å². The van der Waals surface area contributed by atoms with Gasteiger partial charge in [-0.2, -0.15) is 10.2 Å². The molecule has 0 aliphatic carbocycles. The predicted octanol–water partition coefficient (Wildman–Crippen LogP) is -0.723. The van der Waals surface area contributed by atoms with Crippen LogP contribution in [0.5, 0.6) is 0 Å². The topological polar surface area (TPSA) is 100 Å². The Labute approximate surface area is 79.0 Å². The number of nitrogens with one attached hydrogen (secondary N) is 2. The normalized spacial score (nSPS) is 10.3. The summed E-state index contributed by atoms with van der Waals surface area (Å²) in [5.41, 5.74) is 0. The Morgan fingerprint density at radius 3 is 1.93 bits per heavy atom. The quantitative estimate of drug-likeness (QED) is 0.665. The number of hydrogen-bond donors (Lipinski definition) is 2. The standard InChI is InChI=1S/C7H8N6O/c14-5(1-6-8-3-10-12-6)2-7-9-4-11-13-7/h3-4H,1-2H2,(H,8,10,12)(H,9,11,13). The maximum atomic E-state index is 11.4. The molecule has 0 aliphatic rings. The Kier molecular flexibility index (Phi) is 2.30. The van der Waals surface area contributed by atoms with Crippen LogP contribution in [0.4, 0.5) is 0 Å². The fourth-order valence-electron chi connectivity index (χ4n) is 1.07. The Bertz CT molecular complexity index is 354. The molecule has 0 saturated heterocycles. The third-order valence-electron chi connectivity index (χ3n) is 1.66. The van der Waals surface area contributed by atoms with Crippen LogP contribution in [-0.2, 0) is 17.6 Å². The molecule has 0 saturated carbocycles. The van der Waals surface area contributed by atoms with Gasteiger partial charge in [-0.25, -0.2) is 9.97 Å². The van der Waals surface area contributed by atoms with E-state index in [1.807, 2.05) is 0 Å². The van der Waals surface area contributed by atoms with E-state index in [-0.39, 0.29) is 18.6 Å². The predicted molar refractivity (Wildman–Crippen MR) is 45.2 cm³/mol. The van der Waals surface area contributed by atoms with Gasteiger partial charge in [0.1, 0.15) is 30.1 Å². The van der Waals surface area contributed by atoms with Crippen molar-refractivity contribution in [1.29, 1.82) is 0 Å². The number of hydrogen-bond acceptors (Lipinski definition) is 5. The molecule has 0 fully saturated rings. The number of aromatic amines is 2. The lowest BCUT2D eigenvalue weighted by atomic mass is 10.2. The number of carbonyl (C=O) groups excluding carboxylic acids is 1. The first-order valence-electron chi connectivity index (χ1n) is 4.05. The molecule has 2 heterocycles. The summed E-state index contributed by atoms with van der Waals surface area (Å²) in [5.74, 6) is 1.14. The van der Waals surface area contributed by atoms with E-state index in [2.05, 4.69) is 30.4 Å². The zero-order valence-corrected chi connectivity index (χ0v) is 7.27. The van der Waals surface area contributed by atoms with Gasteiger partial charge in [0.05, 0.1) is 12.8 Å². The highest BCUT2D eigenvalue weighted by atomic mass is 16.1. The van der Waals surface area contributed by atoms with Gasteiger partial charge < -0.3 is 0 Å². The monoisotopic (exact) mass is 192 g/mol. The van der Waals surface area contributed by atoms with Crippen LogP contribution in [0.2, 0.25) is 0 Å². The van der Waals surface area contributed by atoms with Crippen molar-refractivity contribution in [1.82, 2.24) is 30.4 Å². The van der Waals surface area contributed by atoms with E-state index >= 15 is 0 Å². The van der Waals surface area contributed by atoms with Gasteiger partial charge in [0, 0.05) is 0 Å². The summed E-state index contributed by atoms with van der Waals surface area (Å²) in [7, 11) is 0. The van der Waals surface area contributed by atoms with Gasteiger partial charge in [-0.1, -0.05) is 0 Å². The van der Waals surface area contributed by atoms with Crippen molar-refractivity contribution in [3.63, 3.8) is 0 Å². The van der Waals surface area contributed by atoms with Crippen LogP contribution in [-0.4, -0.2) is 36.1 Å². The van der Waals surface area contributed by atoms with E-state index < -0.39 is 0 Å². The molecule has 2 N–H and O–H groups in total. The molecule has 0 atom stereocenters. The summed E-state index contributed by atoms with van der Waals surface area (Å²) in [6, 6.07) is 0. The highest BCUT2D eigenvalue weighted by Gasteiger charge is 2.08. The lowest BCUT2D eigenvalue weighted by molar-refractivity contribution is -0.118. The fraction of sp³-hybridized carbons (Fsp3) is 0.286. The Balaban J connectivity index is 1.91. The number of aromatic nitrogens is 6. The molecule has 0 aromatic carbocycles. The molecule has 2 rings (SSSR count). The van der Waals surface area contributed by atoms with E-state index in [0.29, 0.717) is 11.6 Å². The van der Waals surface area contributed by atoms with Gasteiger partial charge in [0.2, 0.25) is 0 Å². The molecule has 2 aromatic heterocycles. The minimum Gasteiger partial charge on any atom is -0.299 e. The van der Waals surface area contributed by atoms with E-state index in [4.69, 9.17) is 0 Å². The molecule has 0 amide bonds. The molecule has 7 nitrogen and oxygen atoms in total. The van der Waals surface area contributed by atoms with Gasteiger partial charge >= 0.3 is 0 Å². The molecular weight excluding hydrogens is 184 g/mol. The van der Waals surface area contributed by atoms with Crippen LogP contribution in [0.15, 0.2) is 12.7 Å². The Hall–Kier alpha value is -2.05. The second kappa shape index (κ2) is 3.77. The summed E-state index contributed by atoms with van der Waals surface area (Å²) in [5, 5.41) is 12.5. The van der Waals surface area contributed by atoms with E-state index in [1.165, 1.54) is 12.7 Å². The maximum Gasteiger partial charge on any atom is 0.147 e. The summed E-state index contributed by atoms with van der Waals surface area (Å²) in [4.78, 5) is 19.1. The third-order valence-corrected chi connectivity index (χ3v) is 1.66. The zero-order chi connectivity index (χ0) is 9.80. The Morgan fingerprint density at radius 2 is 1.57 bits per heavy atom. The largest absolute Gasteiger partial charge is 0.299 e. The van der Waals surface area contributed by atoms with Crippen molar-refractivity contribution < 1.29 is 4.79 Å². The van der Waals surface area contributed by atoms with Crippen molar-refractivity contribution in [2.24, 2.45) is 0 Å². The zero-order valence-electron chi connectivity index (χ0n) is 7.27. The van der Waals surface area contributed by atoms with Crippen molar-refractivity contribution in [3.8, 4) is 0 Å². The number of ketones is 1. The van der Waals surface area contributed by atoms with Crippen LogP contribution in [0.25, 0.3) is 0 Å². The van der Waals surface area contributed by atoms with Crippen molar-refractivity contribution in [2.45, 2.75) is 12.8 Å². The lowest BCUT2D eigenvalue weighted by Gasteiger charge is -1.93. The lowest BCUT2D eigenvalue weighted by Crippen LogP contribution is -2.08. The molecule has 0 unspecified atom stereocenters. The van der Waals surface area contributed by atoms with Crippen LogP contribution in [0.3, 0.4) is 0 Å². The first kappa shape index (κ1) is 8.54. The van der Waals surface area contributed by atoms with Gasteiger partial charge in [-0.3, -0.25) is 15.0 Å². The van der Waals surface area contributed by atoms with Gasteiger partial charge in [-0.05, 0) is 0 Å². The smallest absolute Gasteiger partial charge is 0.147 e. The van der Waals surface area contributed by atoms with Gasteiger partial charge in [-0.15, -0.1) is 0 Å². The maximum absolute atomic E-state index is 11.4. The van der Waals surface area contributed by atoms with Gasteiger partial charge in [0.15, 0.2) is 0 Å². The number of nitrogens with zero attached hydrogens (tertiary/aromatic N) is 4. The van der Waals surface area contributed by atoms with Crippen LogP contribution >= 0.6 is 0 Å². The van der Waals surface area contributed by atoms with Crippen molar-refractivity contribution in [2.75, 3.05) is 0 Å². The molecule has 72 valence electrons. The van der Waals surface area contributed by atoms with E-state index in [1.54, 1.807) is 0 Å². The van der Waals surface area contributed by atoms with Gasteiger partial charge in [0.25, 0.3) is 0 Å².